The normalized spacial score (nSPS) is 20.8. The number of rotatable bonds is 6. The lowest BCUT2D eigenvalue weighted by atomic mass is 10.1. The number of carbonyl (C=O) groups is 1. The zero-order valence-electron chi connectivity index (χ0n) is 25.7. The summed E-state index contributed by atoms with van der Waals surface area (Å²) in [5.41, 5.74) is 13.5. The number of aromatic hydroxyl groups is 1. The van der Waals surface area contributed by atoms with Crippen molar-refractivity contribution in [2.45, 2.75) is 44.3 Å². The van der Waals surface area contributed by atoms with E-state index in [0.717, 1.165) is 58.7 Å². The van der Waals surface area contributed by atoms with E-state index in [9.17, 15) is 9.90 Å². The highest BCUT2D eigenvalue weighted by Gasteiger charge is 2.47. The van der Waals surface area contributed by atoms with Gasteiger partial charge in [0.05, 0.1) is 41.2 Å². The standard InChI is InChI=1S/C35H34N8O3/c1-41-32-26(12-22(14-29(32)46-2)35(45)43-17-21-7-10-27(43)31(21)36)40-34(41)28-13-20-6-8-23(39-33(20)42(28)16-18-3-4-18)19-5-9-24-25(11-19)37-15-30(44)38-24/h5-6,8-9,11-15,18,21,27,31H,3-4,7,10,16-17,36H2,1-2H3,(H,38,44)/t21-,27-,31-/m1/s1. The lowest BCUT2D eigenvalue weighted by Crippen LogP contribution is -2.41. The molecule has 3 aliphatic rings. The molecule has 2 saturated carbocycles. The molecule has 5 heterocycles. The number of imidazole rings is 1. The summed E-state index contributed by atoms with van der Waals surface area (Å²) in [4.78, 5) is 34.5. The summed E-state index contributed by atoms with van der Waals surface area (Å²) >= 11 is 0. The highest BCUT2D eigenvalue weighted by Crippen LogP contribution is 2.40. The second-order valence-electron chi connectivity index (χ2n) is 13.1. The minimum absolute atomic E-state index is 0.00824. The minimum Gasteiger partial charge on any atom is -0.494 e. The zero-order chi connectivity index (χ0) is 31.3. The van der Waals surface area contributed by atoms with Gasteiger partial charge in [-0.2, -0.15) is 0 Å². The van der Waals surface area contributed by atoms with Crippen LogP contribution in [0.4, 0.5) is 0 Å². The van der Waals surface area contributed by atoms with Gasteiger partial charge in [0.15, 0.2) is 5.82 Å². The number of amides is 1. The molecule has 3 fully saturated rings. The van der Waals surface area contributed by atoms with E-state index in [2.05, 4.69) is 31.2 Å². The van der Waals surface area contributed by atoms with Crippen molar-refractivity contribution in [2.24, 2.45) is 24.6 Å². The molecule has 11 heteroatoms. The first-order chi connectivity index (χ1) is 22.4. The van der Waals surface area contributed by atoms with Gasteiger partial charge in [-0.15, -0.1) is 0 Å². The van der Waals surface area contributed by atoms with Gasteiger partial charge in [-0.1, -0.05) is 6.07 Å². The Hall–Kier alpha value is -5.03. The van der Waals surface area contributed by atoms with Crippen LogP contribution < -0.4 is 10.5 Å². The summed E-state index contributed by atoms with van der Waals surface area (Å²) in [5.74, 6) is 2.28. The SMILES string of the molecule is COc1cc(C(=O)N2C[C@H]3CC[C@@H]2[C@@H]3N)cc2nc(-c3cc4ccc(-c5ccc6nc(O)cnc6c5)nc4n3CC3CC3)n(C)c12. The van der Waals surface area contributed by atoms with E-state index in [0.29, 0.717) is 46.2 Å². The highest BCUT2D eigenvalue weighted by molar-refractivity contribution is 6.00. The number of methoxy groups -OCH3 is 1. The third-order valence-electron chi connectivity index (χ3n) is 10.3. The van der Waals surface area contributed by atoms with Crippen molar-refractivity contribution in [3.8, 4) is 34.4 Å². The van der Waals surface area contributed by atoms with Crippen LogP contribution in [-0.4, -0.2) is 70.7 Å². The second-order valence-corrected chi connectivity index (χ2v) is 13.1. The van der Waals surface area contributed by atoms with Crippen molar-refractivity contribution in [3.05, 3.63) is 60.3 Å². The van der Waals surface area contributed by atoms with E-state index in [1.165, 1.54) is 19.0 Å². The molecule has 1 saturated heterocycles. The van der Waals surface area contributed by atoms with E-state index in [1.807, 2.05) is 48.3 Å². The summed E-state index contributed by atoms with van der Waals surface area (Å²) in [5, 5.41) is 10.7. The van der Waals surface area contributed by atoms with E-state index in [1.54, 1.807) is 7.11 Å². The molecule has 3 N–H and O–H groups in total. The van der Waals surface area contributed by atoms with Gasteiger partial charge in [0.2, 0.25) is 5.88 Å². The minimum atomic E-state index is -0.101. The first-order valence-corrected chi connectivity index (χ1v) is 15.9. The van der Waals surface area contributed by atoms with Crippen LogP contribution in [0, 0.1) is 11.8 Å². The van der Waals surface area contributed by atoms with Crippen molar-refractivity contribution in [1.82, 2.24) is 34.0 Å². The summed E-state index contributed by atoms with van der Waals surface area (Å²) in [7, 11) is 3.64. The molecule has 3 atom stereocenters. The Morgan fingerprint density at radius 3 is 2.63 bits per heavy atom. The number of ether oxygens (including phenoxy) is 1. The maximum absolute atomic E-state index is 13.7. The molecule has 46 heavy (non-hydrogen) atoms. The Bertz CT molecular complexity index is 2220. The Morgan fingerprint density at radius 1 is 1.00 bits per heavy atom. The number of nitrogens with two attached hydrogens (primary N) is 1. The van der Waals surface area contributed by atoms with Gasteiger partial charge in [0, 0.05) is 48.7 Å². The number of fused-ring (bicyclic) bond motifs is 5. The molecule has 0 unspecified atom stereocenters. The van der Waals surface area contributed by atoms with E-state index in [4.69, 9.17) is 20.4 Å². The van der Waals surface area contributed by atoms with Crippen LogP contribution in [0.2, 0.25) is 0 Å². The van der Waals surface area contributed by atoms with Crippen LogP contribution in [0.1, 0.15) is 36.0 Å². The molecule has 11 nitrogen and oxygen atoms in total. The first kappa shape index (κ1) is 27.3. The number of nitrogens with zero attached hydrogens (tertiary/aromatic N) is 7. The third-order valence-corrected chi connectivity index (χ3v) is 10.3. The van der Waals surface area contributed by atoms with Gasteiger partial charge in [-0.3, -0.25) is 4.79 Å². The van der Waals surface area contributed by atoms with Gasteiger partial charge < -0.3 is 29.6 Å². The zero-order valence-corrected chi connectivity index (χ0v) is 25.7. The van der Waals surface area contributed by atoms with Gasteiger partial charge in [-0.05, 0) is 80.0 Å². The molecule has 9 rings (SSSR count). The number of likely N-dealkylation sites (tertiary alicyclic amines) is 1. The molecule has 1 amide bonds. The van der Waals surface area contributed by atoms with E-state index in [-0.39, 0.29) is 23.9 Å². The average molecular weight is 615 g/mol. The maximum Gasteiger partial charge on any atom is 0.254 e. The number of aryl methyl sites for hydroxylation is 1. The maximum atomic E-state index is 13.7. The summed E-state index contributed by atoms with van der Waals surface area (Å²) in [6.07, 6.45) is 5.80. The number of piperidine rings is 1. The predicted molar refractivity (Wildman–Crippen MR) is 174 cm³/mol. The van der Waals surface area contributed by atoms with Crippen LogP contribution in [0.25, 0.3) is 55.9 Å². The quantitative estimate of drug-likeness (QED) is 0.271. The van der Waals surface area contributed by atoms with Gasteiger partial charge in [0.25, 0.3) is 5.91 Å². The van der Waals surface area contributed by atoms with Gasteiger partial charge in [-0.25, -0.2) is 19.9 Å². The fourth-order valence-electron chi connectivity index (χ4n) is 7.64. The molecule has 6 aromatic rings. The predicted octanol–water partition coefficient (Wildman–Crippen LogP) is 4.89. The number of hydrogen-bond donors (Lipinski definition) is 2. The highest BCUT2D eigenvalue weighted by atomic mass is 16.5. The monoisotopic (exact) mass is 614 g/mol. The van der Waals surface area contributed by atoms with Gasteiger partial charge in [0.1, 0.15) is 16.9 Å². The van der Waals surface area contributed by atoms with E-state index < -0.39 is 0 Å². The van der Waals surface area contributed by atoms with Crippen molar-refractivity contribution in [2.75, 3.05) is 13.7 Å². The van der Waals surface area contributed by atoms with Crippen LogP contribution in [0.3, 0.4) is 0 Å². The number of hydrogen-bond acceptors (Lipinski definition) is 8. The number of benzene rings is 2. The van der Waals surface area contributed by atoms with Crippen LogP contribution in [0.15, 0.2) is 54.7 Å². The first-order valence-electron chi connectivity index (χ1n) is 15.9. The third kappa shape index (κ3) is 4.18. The molecule has 2 aliphatic carbocycles. The van der Waals surface area contributed by atoms with Crippen LogP contribution >= 0.6 is 0 Å². The fourth-order valence-corrected chi connectivity index (χ4v) is 7.64. The Morgan fingerprint density at radius 2 is 1.87 bits per heavy atom. The summed E-state index contributed by atoms with van der Waals surface area (Å²) in [6.45, 7) is 1.56. The Kier molecular flexibility index (Phi) is 5.92. The van der Waals surface area contributed by atoms with Crippen molar-refractivity contribution in [1.29, 1.82) is 0 Å². The smallest absolute Gasteiger partial charge is 0.254 e. The second kappa shape index (κ2) is 9.98. The fraction of sp³-hybridized carbons (Fsp3) is 0.343. The number of carbonyl (C=O) groups excluding carboxylic acids is 1. The van der Waals surface area contributed by atoms with Crippen molar-refractivity contribution < 1.29 is 14.6 Å². The Labute approximate surface area is 264 Å². The molecular formula is C35H34N8O3. The summed E-state index contributed by atoms with van der Waals surface area (Å²) < 4.78 is 10.2. The van der Waals surface area contributed by atoms with Crippen LogP contribution in [-0.2, 0) is 13.6 Å². The average Bonchev–Trinajstić information content (AvgIpc) is 3.47. The topological polar surface area (TPSA) is 137 Å². The molecule has 2 aromatic carbocycles. The lowest BCUT2D eigenvalue weighted by Gasteiger charge is -2.27. The van der Waals surface area contributed by atoms with Gasteiger partial charge >= 0.3 is 0 Å². The summed E-state index contributed by atoms with van der Waals surface area (Å²) in [6, 6.07) is 15.9. The van der Waals surface area contributed by atoms with Crippen molar-refractivity contribution in [3.63, 3.8) is 0 Å². The molecule has 0 radical (unpaired) electrons. The van der Waals surface area contributed by atoms with E-state index >= 15 is 0 Å². The molecule has 1 aliphatic heterocycles. The largest absolute Gasteiger partial charge is 0.494 e. The lowest BCUT2D eigenvalue weighted by molar-refractivity contribution is 0.0700. The molecule has 232 valence electrons. The molecule has 0 spiro atoms. The number of pyridine rings is 1. The molecule has 2 bridgehead atoms. The Balaban J connectivity index is 1.15. The molecular weight excluding hydrogens is 580 g/mol. The van der Waals surface area contributed by atoms with Crippen molar-refractivity contribution >= 4 is 39.0 Å². The number of aromatic nitrogens is 6. The molecule has 4 aromatic heterocycles. The van der Waals surface area contributed by atoms with Crippen LogP contribution in [0.5, 0.6) is 11.6 Å².